The van der Waals surface area contributed by atoms with E-state index in [1.165, 1.54) is 0 Å². The molecule has 0 aromatic carbocycles. The third-order valence-electron chi connectivity index (χ3n) is 2.03. The molecule has 1 amide bonds. The summed E-state index contributed by atoms with van der Waals surface area (Å²) in [4.78, 5) is 15.2. The molecule has 0 aliphatic heterocycles. The van der Waals surface area contributed by atoms with E-state index < -0.39 is 6.09 Å². The SMILES string of the molecule is CCCOCCOC(=O)NCc1ccc(Cl)nc1. The Balaban J connectivity index is 2.11. The van der Waals surface area contributed by atoms with E-state index in [4.69, 9.17) is 21.1 Å². The molecule has 0 bridgehead atoms. The summed E-state index contributed by atoms with van der Waals surface area (Å²) >= 11 is 5.65. The van der Waals surface area contributed by atoms with Gasteiger partial charge < -0.3 is 14.8 Å². The number of aromatic nitrogens is 1. The Morgan fingerprint density at radius 3 is 2.89 bits per heavy atom. The third kappa shape index (κ3) is 6.42. The van der Waals surface area contributed by atoms with Gasteiger partial charge in [-0.05, 0) is 18.1 Å². The number of halogens is 1. The Hall–Kier alpha value is -1.33. The second-order valence-corrected chi connectivity index (χ2v) is 3.98. The van der Waals surface area contributed by atoms with Crippen LogP contribution in [0.3, 0.4) is 0 Å². The first kappa shape index (κ1) is 14.7. The fraction of sp³-hybridized carbons (Fsp3) is 0.500. The van der Waals surface area contributed by atoms with E-state index in [-0.39, 0.29) is 6.61 Å². The molecule has 1 aromatic rings. The van der Waals surface area contributed by atoms with Crippen molar-refractivity contribution in [3.05, 3.63) is 29.0 Å². The summed E-state index contributed by atoms with van der Waals surface area (Å²) in [6.45, 7) is 3.74. The van der Waals surface area contributed by atoms with Gasteiger partial charge >= 0.3 is 6.09 Å². The highest BCUT2D eigenvalue weighted by Crippen LogP contribution is 2.04. The second-order valence-electron chi connectivity index (χ2n) is 3.59. The number of alkyl carbamates (subject to hydrolysis) is 1. The standard InChI is InChI=1S/C12H17ClN2O3/c1-2-5-17-6-7-18-12(16)15-9-10-3-4-11(13)14-8-10/h3-4,8H,2,5-7,9H2,1H3,(H,15,16). The smallest absolute Gasteiger partial charge is 0.407 e. The third-order valence-corrected chi connectivity index (χ3v) is 2.26. The van der Waals surface area contributed by atoms with Gasteiger partial charge in [-0.3, -0.25) is 0 Å². The average Bonchev–Trinajstić information content (AvgIpc) is 2.38. The monoisotopic (exact) mass is 272 g/mol. The lowest BCUT2D eigenvalue weighted by molar-refractivity contribution is 0.0729. The molecule has 100 valence electrons. The van der Waals surface area contributed by atoms with Crippen LogP contribution in [0.2, 0.25) is 5.15 Å². The summed E-state index contributed by atoms with van der Waals surface area (Å²) in [5.41, 5.74) is 0.860. The first-order valence-corrected chi connectivity index (χ1v) is 6.19. The summed E-state index contributed by atoms with van der Waals surface area (Å²) in [5, 5.41) is 3.03. The molecular weight excluding hydrogens is 256 g/mol. The number of carbonyl (C=O) groups excluding carboxylic acids is 1. The van der Waals surface area contributed by atoms with Crippen molar-refractivity contribution in [3.8, 4) is 0 Å². The lowest BCUT2D eigenvalue weighted by atomic mass is 10.3. The van der Waals surface area contributed by atoms with Crippen LogP contribution in [0.1, 0.15) is 18.9 Å². The van der Waals surface area contributed by atoms with Crippen LogP contribution in [0.25, 0.3) is 0 Å². The van der Waals surface area contributed by atoms with E-state index >= 15 is 0 Å². The molecule has 0 radical (unpaired) electrons. The molecule has 1 rings (SSSR count). The van der Waals surface area contributed by atoms with Gasteiger partial charge in [0.1, 0.15) is 11.8 Å². The minimum Gasteiger partial charge on any atom is -0.447 e. The van der Waals surface area contributed by atoms with Crippen molar-refractivity contribution in [1.82, 2.24) is 10.3 Å². The highest BCUT2D eigenvalue weighted by atomic mass is 35.5. The number of hydrogen-bond donors (Lipinski definition) is 1. The highest BCUT2D eigenvalue weighted by Gasteiger charge is 2.02. The predicted molar refractivity (Wildman–Crippen MR) is 68.5 cm³/mol. The van der Waals surface area contributed by atoms with E-state index in [0.717, 1.165) is 12.0 Å². The molecule has 0 unspecified atom stereocenters. The predicted octanol–water partition coefficient (Wildman–Crippen LogP) is 2.39. The number of carbonyl (C=O) groups is 1. The quantitative estimate of drug-likeness (QED) is 0.612. The van der Waals surface area contributed by atoms with Crippen molar-refractivity contribution >= 4 is 17.7 Å². The normalized spacial score (nSPS) is 10.1. The van der Waals surface area contributed by atoms with E-state index in [1.54, 1.807) is 18.3 Å². The van der Waals surface area contributed by atoms with Gasteiger partial charge in [-0.2, -0.15) is 0 Å². The van der Waals surface area contributed by atoms with Gasteiger partial charge in [-0.1, -0.05) is 24.6 Å². The molecule has 0 aliphatic carbocycles. The number of rotatable bonds is 7. The van der Waals surface area contributed by atoms with Gasteiger partial charge in [0.05, 0.1) is 6.61 Å². The molecule has 0 atom stereocenters. The topological polar surface area (TPSA) is 60.5 Å². The molecule has 5 nitrogen and oxygen atoms in total. The van der Waals surface area contributed by atoms with Crippen LogP contribution in [0.5, 0.6) is 0 Å². The molecule has 0 saturated carbocycles. The van der Waals surface area contributed by atoms with Crippen LogP contribution < -0.4 is 5.32 Å². The molecule has 0 spiro atoms. The second kappa shape index (κ2) is 8.72. The number of ether oxygens (including phenoxy) is 2. The number of hydrogen-bond acceptors (Lipinski definition) is 4. The van der Waals surface area contributed by atoms with Crippen LogP contribution in [-0.2, 0) is 16.0 Å². The van der Waals surface area contributed by atoms with Crippen molar-refractivity contribution < 1.29 is 14.3 Å². The van der Waals surface area contributed by atoms with E-state index in [2.05, 4.69) is 10.3 Å². The molecule has 1 aromatic heterocycles. The Morgan fingerprint density at radius 2 is 2.22 bits per heavy atom. The molecule has 18 heavy (non-hydrogen) atoms. The van der Waals surface area contributed by atoms with Gasteiger partial charge in [0.25, 0.3) is 0 Å². The van der Waals surface area contributed by atoms with Crippen molar-refractivity contribution in [2.75, 3.05) is 19.8 Å². The zero-order valence-corrected chi connectivity index (χ0v) is 11.1. The highest BCUT2D eigenvalue weighted by molar-refractivity contribution is 6.29. The Labute approximate surface area is 111 Å². The molecule has 6 heteroatoms. The van der Waals surface area contributed by atoms with Crippen molar-refractivity contribution in [1.29, 1.82) is 0 Å². The molecular formula is C12H17ClN2O3. The maximum Gasteiger partial charge on any atom is 0.407 e. The minimum absolute atomic E-state index is 0.255. The summed E-state index contributed by atoms with van der Waals surface area (Å²) in [7, 11) is 0. The first-order chi connectivity index (χ1) is 8.72. The van der Waals surface area contributed by atoms with Crippen molar-refractivity contribution in [2.45, 2.75) is 19.9 Å². The number of nitrogens with zero attached hydrogens (tertiary/aromatic N) is 1. The number of amides is 1. The van der Waals surface area contributed by atoms with Crippen LogP contribution in [0.4, 0.5) is 4.79 Å². The minimum atomic E-state index is -0.468. The Bertz CT molecular complexity index is 357. The van der Waals surface area contributed by atoms with E-state index in [0.29, 0.717) is 24.9 Å². The maximum absolute atomic E-state index is 11.3. The summed E-state index contributed by atoms with van der Waals surface area (Å²) in [5.74, 6) is 0. The first-order valence-electron chi connectivity index (χ1n) is 5.81. The molecule has 0 saturated heterocycles. The average molecular weight is 273 g/mol. The number of pyridine rings is 1. The van der Waals surface area contributed by atoms with E-state index in [9.17, 15) is 4.79 Å². The van der Waals surface area contributed by atoms with Crippen molar-refractivity contribution in [3.63, 3.8) is 0 Å². The fourth-order valence-electron chi connectivity index (χ4n) is 1.18. The molecule has 1 N–H and O–H groups in total. The molecule has 1 heterocycles. The van der Waals surface area contributed by atoms with Gasteiger partial charge in [0.15, 0.2) is 0 Å². The van der Waals surface area contributed by atoms with Crippen LogP contribution in [0.15, 0.2) is 18.3 Å². The zero-order chi connectivity index (χ0) is 13.2. The Kier molecular flexibility index (Phi) is 7.13. The lowest BCUT2D eigenvalue weighted by Gasteiger charge is -2.07. The van der Waals surface area contributed by atoms with Gasteiger partial charge in [-0.15, -0.1) is 0 Å². The fourth-order valence-corrected chi connectivity index (χ4v) is 1.29. The van der Waals surface area contributed by atoms with Gasteiger partial charge in [-0.25, -0.2) is 9.78 Å². The Morgan fingerprint density at radius 1 is 1.39 bits per heavy atom. The van der Waals surface area contributed by atoms with Crippen molar-refractivity contribution in [2.24, 2.45) is 0 Å². The van der Waals surface area contributed by atoms with Crippen LogP contribution >= 0.6 is 11.6 Å². The number of nitrogens with one attached hydrogen (secondary N) is 1. The largest absolute Gasteiger partial charge is 0.447 e. The van der Waals surface area contributed by atoms with Crippen LogP contribution in [-0.4, -0.2) is 30.9 Å². The lowest BCUT2D eigenvalue weighted by Crippen LogP contribution is -2.25. The molecule has 0 fully saturated rings. The van der Waals surface area contributed by atoms with Crippen LogP contribution in [0, 0.1) is 0 Å². The summed E-state index contributed by atoms with van der Waals surface area (Å²) in [6, 6.07) is 3.46. The van der Waals surface area contributed by atoms with Gasteiger partial charge in [0, 0.05) is 19.3 Å². The maximum atomic E-state index is 11.3. The molecule has 0 aliphatic rings. The van der Waals surface area contributed by atoms with E-state index in [1.807, 2.05) is 6.92 Å². The summed E-state index contributed by atoms with van der Waals surface area (Å²) < 4.78 is 10.1. The zero-order valence-electron chi connectivity index (χ0n) is 10.3. The van der Waals surface area contributed by atoms with Gasteiger partial charge in [0.2, 0.25) is 0 Å². The summed E-state index contributed by atoms with van der Waals surface area (Å²) in [6.07, 6.45) is 2.09.